The van der Waals surface area contributed by atoms with Gasteiger partial charge in [0, 0.05) is 6.54 Å². The number of carboxylic acid groups (broad SMARTS) is 1. The second-order valence-corrected chi connectivity index (χ2v) is 6.60. The normalized spacial score (nSPS) is 14.3. The van der Waals surface area contributed by atoms with Gasteiger partial charge in [-0.1, -0.05) is 0 Å². The summed E-state index contributed by atoms with van der Waals surface area (Å²) in [5.74, 6) is -5.08. The van der Waals surface area contributed by atoms with Crippen molar-refractivity contribution in [3.63, 3.8) is 0 Å². The molecule has 0 heterocycles. The molecule has 0 bridgehead atoms. The molecular formula is C16H30N8O7. The van der Waals surface area contributed by atoms with E-state index in [1.165, 1.54) is 6.92 Å². The number of amides is 4. The maximum atomic E-state index is 12.5. The van der Waals surface area contributed by atoms with Crippen LogP contribution in [0.15, 0.2) is 4.99 Å². The Balaban J connectivity index is 5.09. The summed E-state index contributed by atoms with van der Waals surface area (Å²) in [4.78, 5) is 62.8. The van der Waals surface area contributed by atoms with E-state index < -0.39 is 66.8 Å². The minimum absolute atomic E-state index is 0.0272. The van der Waals surface area contributed by atoms with Crippen molar-refractivity contribution in [2.24, 2.45) is 27.9 Å². The lowest BCUT2D eigenvalue weighted by Gasteiger charge is -2.23. The topological polar surface area (TPSA) is 278 Å². The molecule has 4 atom stereocenters. The van der Waals surface area contributed by atoms with E-state index in [9.17, 15) is 29.1 Å². The second kappa shape index (κ2) is 13.7. The fourth-order valence-electron chi connectivity index (χ4n) is 2.21. The molecule has 0 aliphatic heterocycles. The lowest BCUT2D eigenvalue weighted by Crippen LogP contribution is -2.57. The lowest BCUT2D eigenvalue weighted by molar-refractivity contribution is -0.142. The zero-order chi connectivity index (χ0) is 24.1. The van der Waals surface area contributed by atoms with Crippen LogP contribution in [-0.4, -0.2) is 83.1 Å². The van der Waals surface area contributed by atoms with E-state index in [0.717, 1.165) is 0 Å². The molecule has 0 aliphatic rings. The molecule has 0 fully saturated rings. The van der Waals surface area contributed by atoms with Gasteiger partial charge in [0.15, 0.2) is 5.96 Å². The van der Waals surface area contributed by atoms with Gasteiger partial charge in [-0.05, 0) is 19.8 Å². The van der Waals surface area contributed by atoms with Crippen molar-refractivity contribution < 1.29 is 34.2 Å². The highest BCUT2D eigenvalue weighted by atomic mass is 16.4. The number of aliphatic imine (C=N–C) groups is 1. The van der Waals surface area contributed by atoms with E-state index in [1.807, 2.05) is 0 Å². The van der Waals surface area contributed by atoms with Gasteiger partial charge in [0.2, 0.25) is 23.6 Å². The standard InChI is InChI=1S/C16H30N8O7/c1-7(22-13(28)8(17)6-25)12(27)24-10(5-11(18)26)14(29)23-9(15(30)31)3-2-4-21-16(19)20/h7-10,25H,2-6,17H2,1H3,(H2,18,26)(H,22,28)(H,23,29)(H,24,27)(H,30,31)(H4,19,20,21). The minimum atomic E-state index is -1.49. The molecular weight excluding hydrogens is 416 g/mol. The van der Waals surface area contributed by atoms with Crippen LogP contribution in [0, 0.1) is 0 Å². The van der Waals surface area contributed by atoms with Gasteiger partial charge >= 0.3 is 5.97 Å². The third-order valence-electron chi connectivity index (χ3n) is 3.88. The van der Waals surface area contributed by atoms with E-state index in [4.69, 9.17) is 28.0 Å². The Bertz CT molecular complexity index is 695. The molecule has 0 aromatic carbocycles. The number of primary amides is 1. The summed E-state index contributed by atoms with van der Waals surface area (Å²) in [7, 11) is 0. The summed E-state index contributed by atoms with van der Waals surface area (Å²) < 4.78 is 0. The van der Waals surface area contributed by atoms with Crippen LogP contribution >= 0.6 is 0 Å². The molecule has 13 N–H and O–H groups in total. The summed E-state index contributed by atoms with van der Waals surface area (Å²) in [6, 6.07) is -5.26. The molecule has 15 nitrogen and oxygen atoms in total. The minimum Gasteiger partial charge on any atom is -0.480 e. The van der Waals surface area contributed by atoms with Crippen LogP contribution in [-0.2, 0) is 24.0 Å². The number of hydrogen-bond acceptors (Lipinski definition) is 8. The molecule has 0 aromatic rings. The molecule has 0 saturated heterocycles. The Labute approximate surface area is 178 Å². The molecule has 4 unspecified atom stereocenters. The number of hydrogen-bond donors (Lipinski definition) is 9. The summed E-state index contributed by atoms with van der Waals surface area (Å²) >= 11 is 0. The number of rotatable bonds is 14. The van der Waals surface area contributed by atoms with Crippen LogP contribution in [0.25, 0.3) is 0 Å². The van der Waals surface area contributed by atoms with Gasteiger partial charge in [0.1, 0.15) is 24.2 Å². The fraction of sp³-hybridized carbons (Fsp3) is 0.625. The molecule has 4 amide bonds. The third kappa shape index (κ3) is 11.3. The summed E-state index contributed by atoms with van der Waals surface area (Å²) in [5, 5.41) is 24.8. The highest BCUT2D eigenvalue weighted by Gasteiger charge is 2.29. The number of nitrogens with one attached hydrogen (secondary N) is 3. The van der Waals surface area contributed by atoms with Crippen LogP contribution in [0.4, 0.5) is 0 Å². The number of aliphatic carboxylic acids is 1. The van der Waals surface area contributed by atoms with Gasteiger partial charge in [0.05, 0.1) is 13.0 Å². The third-order valence-corrected chi connectivity index (χ3v) is 3.88. The molecule has 176 valence electrons. The predicted molar refractivity (Wildman–Crippen MR) is 108 cm³/mol. The van der Waals surface area contributed by atoms with Gasteiger partial charge in [-0.15, -0.1) is 0 Å². The molecule has 0 rings (SSSR count). The van der Waals surface area contributed by atoms with Gasteiger partial charge in [0.25, 0.3) is 0 Å². The van der Waals surface area contributed by atoms with Crippen LogP contribution in [0.1, 0.15) is 26.2 Å². The smallest absolute Gasteiger partial charge is 0.326 e. The van der Waals surface area contributed by atoms with E-state index in [2.05, 4.69) is 20.9 Å². The maximum Gasteiger partial charge on any atom is 0.326 e. The second-order valence-electron chi connectivity index (χ2n) is 6.60. The molecule has 0 radical (unpaired) electrons. The van der Waals surface area contributed by atoms with Crippen molar-refractivity contribution in [2.75, 3.05) is 13.2 Å². The van der Waals surface area contributed by atoms with E-state index in [1.54, 1.807) is 0 Å². The Morgan fingerprint density at radius 2 is 1.52 bits per heavy atom. The first kappa shape index (κ1) is 27.5. The number of carbonyl (C=O) groups excluding carboxylic acids is 4. The van der Waals surface area contributed by atoms with Gasteiger partial charge in [-0.2, -0.15) is 0 Å². The van der Waals surface area contributed by atoms with Crippen molar-refractivity contribution in [3.05, 3.63) is 0 Å². The molecule has 0 saturated carbocycles. The Hall–Kier alpha value is -3.46. The SMILES string of the molecule is CC(NC(=O)C(N)CO)C(=O)NC(CC(N)=O)C(=O)NC(CCCN=C(N)N)C(=O)O. The molecule has 0 aromatic heterocycles. The first-order valence-electron chi connectivity index (χ1n) is 9.23. The monoisotopic (exact) mass is 446 g/mol. The van der Waals surface area contributed by atoms with Gasteiger partial charge in [-0.3, -0.25) is 24.2 Å². The molecule has 0 spiro atoms. The molecule has 31 heavy (non-hydrogen) atoms. The van der Waals surface area contributed by atoms with Crippen molar-refractivity contribution >= 4 is 35.6 Å². The van der Waals surface area contributed by atoms with Crippen LogP contribution in [0.5, 0.6) is 0 Å². The number of nitrogens with zero attached hydrogens (tertiary/aromatic N) is 1. The quantitative estimate of drug-likeness (QED) is 0.0694. The fourth-order valence-corrected chi connectivity index (χ4v) is 2.21. The van der Waals surface area contributed by atoms with Crippen molar-refractivity contribution in [2.45, 2.75) is 50.4 Å². The Morgan fingerprint density at radius 3 is 2.00 bits per heavy atom. The lowest BCUT2D eigenvalue weighted by atomic mass is 10.1. The van der Waals surface area contributed by atoms with E-state index in [-0.39, 0.29) is 25.3 Å². The summed E-state index contributed by atoms with van der Waals surface area (Å²) in [5.41, 5.74) is 20.8. The summed E-state index contributed by atoms with van der Waals surface area (Å²) in [6.45, 7) is 0.767. The van der Waals surface area contributed by atoms with Crippen molar-refractivity contribution in [1.29, 1.82) is 0 Å². The van der Waals surface area contributed by atoms with Gasteiger partial charge < -0.3 is 49.1 Å². The van der Waals surface area contributed by atoms with E-state index in [0.29, 0.717) is 0 Å². The number of guanidine groups is 1. The average Bonchev–Trinajstić information content (AvgIpc) is 2.67. The number of nitrogens with two attached hydrogens (primary N) is 4. The van der Waals surface area contributed by atoms with Crippen LogP contribution < -0.4 is 38.9 Å². The first-order chi connectivity index (χ1) is 14.4. The van der Waals surface area contributed by atoms with Crippen LogP contribution in [0.3, 0.4) is 0 Å². The number of aliphatic hydroxyl groups excluding tert-OH is 1. The highest BCUT2D eigenvalue weighted by molar-refractivity contribution is 5.95. The number of carboxylic acids is 1. The largest absolute Gasteiger partial charge is 0.480 e. The van der Waals surface area contributed by atoms with Crippen molar-refractivity contribution in [1.82, 2.24) is 16.0 Å². The van der Waals surface area contributed by atoms with E-state index >= 15 is 0 Å². The number of carbonyl (C=O) groups is 5. The number of aliphatic hydroxyl groups is 1. The Kier molecular flexibility index (Phi) is 12.2. The summed E-state index contributed by atoms with van der Waals surface area (Å²) in [6.07, 6.45) is -0.411. The zero-order valence-electron chi connectivity index (χ0n) is 17.0. The molecule has 0 aliphatic carbocycles. The van der Waals surface area contributed by atoms with Crippen LogP contribution in [0.2, 0.25) is 0 Å². The first-order valence-corrected chi connectivity index (χ1v) is 9.23. The highest BCUT2D eigenvalue weighted by Crippen LogP contribution is 2.02. The van der Waals surface area contributed by atoms with Gasteiger partial charge in [-0.25, -0.2) is 4.79 Å². The average molecular weight is 446 g/mol. The maximum absolute atomic E-state index is 12.5. The zero-order valence-corrected chi connectivity index (χ0v) is 17.0. The predicted octanol–water partition coefficient (Wildman–Crippen LogP) is -5.21. The molecule has 15 heteroatoms. The Morgan fingerprint density at radius 1 is 0.935 bits per heavy atom. The van der Waals surface area contributed by atoms with Crippen molar-refractivity contribution in [3.8, 4) is 0 Å².